The van der Waals surface area contributed by atoms with E-state index in [1.165, 1.54) is 57.8 Å². The fourth-order valence-electron chi connectivity index (χ4n) is 2.49. The predicted molar refractivity (Wildman–Crippen MR) is 97.5 cm³/mol. The number of carbonyl (C=O) groups excluding carboxylic acids is 1. The fraction of sp³-hybridized carbons (Fsp3) is 0.850. The van der Waals surface area contributed by atoms with Crippen molar-refractivity contribution in [3.63, 3.8) is 0 Å². The van der Waals surface area contributed by atoms with Gasteiger partial charge >= 0.3 is 5.97 Å². The molecule has 0 radical (unpaired) electrons. The molecule has 24 heavy (non-hydrogen) atoms. The maximum absolute atomic E-state index is 11.2. The summed E-state index contributed by atoms with van der Waals surface area (Å²) >= 11 is 0. The smallest absolute Gasteiger partial charge is 0.338 e. The van der Waals surface area contributed by atoms with Gasteiger partial charge in [-0.3, -0.25) is 0 Å². The molecule has 0 fully saturated rings. The molecule has 0 aliphatic carbocycles. The van der Waals surface area contributed by atoms with E-state index in [-0.39, 0.29) is 6.61 Å². The monoisotopic (exact) mass is 340 g/mol. The molecule has 0 aliphatic heterocycles. The highest BCUT2D eigenvalue weighted by Crippen LogP contribution is 2.11. The molecule has 0 aromatic heterocycles. The number of rotatable bonds is 14. The van der Waals surface area contributed by atoms with E-state index in [4.69, 9.17) is 0 Å². The minimum Gasteiger partial charge on any atom is -0.464 e. The van der Waals surface area contributed by atoms with Crippen molar-refractivity contribution < 1.29 is 19.7 Å². The van der Waals surface area contributed by atoms with Crippen LogP contribution in [0.25, 0.3) is 0 Å². The molecule has 4 nitrogen and oxygen atoms in total. The lowest BCUT2D eigenvalue weighted by Crippen LogP contribution is -2.34. The largest absolute Gasteiger partial charge is 0.464 e. The second-order valence-electron chi connectivity index (χ2n) is 6.25. The topological polar surface area (TPSA) is 66.8 Å². The molecule has 0 aromatic rings. The first kappa shape index (κ1) is 22.9. The van der Waals surface area contributed by atoms with Crippen LogP contribution in [-0.2, 0) is 9.53 Å². The fourth-order valence-corrected chi connectivity index (χ4v) is 2.49. The van der Waals surface area contributed by atoms with Crippen LogP contribution in [0.2, 0.25) is 0 Å². The molecule has 0 saturated carbocycles. The number of hydrogen-bond donors (Lipinski definition) is 2. The van der Waals surface area contributed by atoms with Crippen LogP contribution in [0.15, 0.2) is 0 Å². The Hall–Kier alpha value is -1.05. The average molecular weight is 341 g/mol. The summed E-state index contributed by atoms with van der Waals surface area (Å²) in [5.41, 5.74) is 0. The number of esters is 1. The van der Waals surface area contributed by atoms with Crippen molar-refractivity contribution in [2.75, 3.05) is 6.61 Å². The molecule has 0 bridgehead atoms. The van der Waals surface area contributed by atoms with Gasteiger partial charge in [-0.05, 0) is 13.3 Å². The molecule has 2 N–H and O–H groups in total. The summed E-state index contributed by atoms with van der Waals surface area (Å²) in [4.78, 5) is 11.2. The zero-order chi connectivity index (χ0) is 18.0. The maximum atomic E-state index is 11.2. The van der Waals surface area contributed by atoms with E-state index in [0.717, 1.165) is 12.8 Å². The molecule has 140 valence electrons. The standard InChI is InChI=1S/C20H36O4/c1-3-5-6-7-8-9-10-11-12-13-14-15-16-17-18(21)19(22)20(23)24-4-2/h18-19,21-22H,3-15H2,1-2H3/t18-,19+/m1/s1. The number of carbonyl (C=O) groups is 1. The van der Waals surface area contributed by atoms with Crippen LogP contribution in [0.1, 0.15) is 90.9 Å². The van der Waals surface area contributed by atoms with E-state index >= 15 is 0 Å². The highest BCUT2D eigenvalue weighted by atomic mass is 16.5. The molecule has 0 aliphatic rings. The summed E-state index contributed by atoms with van der Waals surface area (Å²) in [7, 11) is 0. The Balaban J connectivity index is 3.49. The molecule has 0 saturated heterocycles. The normalized spacial score (nSPS) is 13.0. The van der Waals surface area contributed by atoms with Crippen LogP contribution < -0.4 is 0 Å². The molecular weight excluding hydrogens is 304 g/mol. The third-order valence-electron chi connectivity index (χ3n) is 3.98. The molecule has 0 amide bonds. The van der Waals surface area contributed by atoms with Crippen molar-refractivity contribution in [3.8, 4) is 11.8 Å². The van der Waals surface area contributed by atoms with Crippen LogP contribution in [0.3, 0.4) is 0 Å². The molecule has 0 unspecified atom stereocenters. The summed E-state index contributed by atoms with van der Waals surface area (Å²) in [5.74, 6) is 4.51. The Kier molecular flexibility index (Phi) is 16.1. The van der Waals surface area contributed by atoms with Gasteiger partial charge in [-0.2, -0.15) is 0 Å². The van der Waals surface area contributed by atoms with Crippen molar-refractivity contribution >= 4 is 5.97 Å². The van der Waals surface area contributed by atoms with E-state index in [1.54, 1.807) is 6.92 Å². The van der Waals surface area contributed by atoms with E-state index < -0.39 is 18.2 Å². The predicted octanol–water partition coefficient (Wildman–Crippen LogP) is 3.98. The number of ether oxygens (including phenoxy) is 1. The van der Waals surface area contributed by atoms with E-state index in [9.17, 15) is 15.0 Å². The average Bonchev–Trinajstić information content (AvgIpc) is 2.58. The Morgan fingerprint density at radius 3 is 1.88 bits per heavy atom. The lowest BCUT2D eigenvalue weighted by molar-refractivity contribution is -0.157. The summed E-state index contributed by atoms with van der Waals surface area (Å²) in [6, 6.07) is 0. The van der Waals surface area contributed by atoms with E-state index in [0.29, 0.717) is 6.42 Å². The Morgan fingerprint density at radius 2 is 1.38 bits per heavy atom. The first-order valence-corrected chi connectivity index (χ1v) is 9.64. The van der Waals surface area contributed by atoms with Crippen molar-refractivity contribution in [1.82, 2.24) is 0 Å². The summed E-state index contributed by atoms with van der Waals surface area (Å²) in [6.07, 6.45) is 11.9. The van der Waals surface area contributed by atoms with E-state index in [2.05, 4.69) is 23.5 Å². The van der Waals surface area contributed by atoms with Crippen molar-refractivity contribution in [1.29, 1.82) is 0 Å². The summed E-state index contributed by atoms with van der Waals surface area (Å²) in [6.45, 7) is 4.07. The first-order valence-electron chi connectivity index (χ1n) is 9.64. The van der Waals surface area contributed by atoms with Gasteiger partial charge in [0.1, 0.15) is 0 Å². The van der Waals surface area contributed by atoms with Gasteiger partial charge in [0.15, 0.2) is 12.2 Å². The van der Waals surface area contributed by atoms with Gasteiger partial charge in [-0.1, -0.05) is 77.1 Å². The minimum absolute atomic E-state index is 0.175. The second-order valence-corrected chi connectivity index (χ2v) is 6.25. The molecule has 0 aromatic carbocycles. The number of aliphatic hydroxyl groups is 2. The molecule has 4 heteroatoms. The highest BCUT2D eigenvalue weighted by Gasteiger charge is 2.23. The zero-order valence-corrected chi connectivity index (χ0v) is 15.6. The van der Waals surface area contributed by atoms with Gasteiger partial charge in [0.05, 0.1) is 6.61 Å². The van der Waals surface area contributed by atoms with Crippen LogP contribution in [0, 0.1) is 11.8 Å². The van der Waals surface area contributed by atoms with Gasteiger partial charge in [0.2, 0.25) is 0 Å². The molecule has 0 rings (SSSR count). The lowest BCUT2D eigenvalue weighted by atomic mass is 10.1. The zero-order valence-electron chi connectivity index (χ0n) is 15.6. The quantitative estimate of drug-likeness (QED) is 0.285. The van der Waals surface area contributed by atoms with Crippen molar-refractivity contribution in [2.24, 2.45) is 0 Å². The number of hydrogen-bond acceptors (Lipinski definition) is 4. The van der Waals surface area contributed by atoms with Gasteiger partial charge in [0.25, 0.3) is 0 Å². The van der Waals surface area contributed by atoms with Crippen molar-refractivity contribution in [3.05, 3.63) is 0 Å². The molecule has 0 heterocycles. The SMILES string of the molecule is CCCCCCCCCCCCCC#C[C@@H](O)[C@H](O)C(=O)OCC. The third kappa shape index (κ3) is 13.4. The molecular formula is C20H36O4. The Bertz CT molecular complexity index is 356. The Morgan fingerprint density at radius 1 is 0.875 bits per heavy atom. The highest BCUT2D eigenvalue weighted by molar-refractivity contribution is 5.75. The third-order valence-corrected chi connectivity index (χ3v) is 3.98. The van der Waals surface area contributed by atoms with Crippen LogP contribution in [0.5, 0.6) is 0 Å². The number of aliphatic hydroxyl groups excluding tert-OH is 2. The van der Waals surface area contributed by atoms with Crippen LogP contribution in [-0.4, -0.2) is 35.0 Å². The summed E-state index contributed by atoms with van der Waals surface area (Å²) < 4.78 is 4.63. The van der Waals surface area contributed by atoms with Crippen molar-refractivity contribution in [2.45, 2.75) is 103 Å². The molecule has 0 spiro atoms. The van der Waals surface area contributed by atoms with Gasteiger partial charge in [-0.25, -0.2) is 4.79 Å². The van der Waals surface area contributed by atoms with E-state index in [1.807, 2.05) is 0 Å². The van der Waals surface area contributed by atoms with Gasteiger partial charge < -0.3 is 14.9 Å². The van der Waals surface area contributed by atoms with Gasteiger partial charge in [-0.15, -0.1) is 5.92 Å². The lowest BCUT2D eigenvalue weighted by Gasteiger charge is -2.10. The Labute approximate surface area is 148 Å². The van der Waals surface area contributed by atoms with Crippen LogP contribution >= 0.6 is 0 Å². The maximum Gasteiger partial charge on any atom is 0.338 e. The van der Waals surface area contributed by atoms with Gasteiger partial charge in [0, 0.05) is 6.42 Å². The van der Waals surface area contributed by atoms with Crippen LogP contribution in [0.4, 0.5) is 0 Å². The second kappa shape index (κ2) is 16.8. The minimum atomic E-state index is -1.57. The first-order chi connectivity index (χ1) is 11.6. The number of unbranched alkanes of at least 4 members (excludes halogenated alkanes) is 11. The summed E-state index contributed by atoms with van der Waals surface area (Å²) in [5, 5.41) is 19.0. The molecule has 2 atom stereocenters.